The Bertz CT molecular complexity index is 1360. The van der Waals surface area contributed by atoms with Gasteiger partial charge in [-0.25, -0.2) is 4.98 Å². The monoisotopic (exact) mass is 467 g/mol. The van der Waals surface area contributed by atoms with Crippen LogP contribution in [0.3, 0.4) is 0 Å². The predicted octanol–water partition coefficient (Wildman–Crippen LogP) is 5.99. The van der Waals surface area contributed by atoms with E-state index in [0.717, 1.165) is 34.2 Å². The van der Waals surface area contributed by atoms with Crippen LogP contribution in [0.15, 0.2) is 67.0 Å². The Hall–Kier alpha value is -3.51. The first-order valence-electron chi connectivity index (χ1n) is 11.5. The fraction of sp³-hybridized carbons (Fsp3) is 0.250. The second-order valence-corrected chi connectivity index (χ2v) is 9.51. The van der Waals surface area contributed by atoms with Crippen molar-refractivity contribution in [2.45, 2.75) is 46.7 Å². The summed E-state index contributed by atoms with van der Waals surface area (Å²) in [6, 6.07) is 18.9. The molecule has 4 heterocycles. The summed E-state index contributed by atoms with van der Waals surface area (Å²) in [5, 5.41) is 4.28. The molecular formula is C28H29N5S. The highest BCUT2D eigenvalue weighted by atomic mass is 32.1. The van der Waals surface area contributed by atoms with Crippen LogP contribution in [-0.4, -0.2) is 19.6 Å². The van der Waals surface area contributed by atoms with Crippen molar-refractivity contribution in [3.8, 4) is 5.82 Å². The van der Waals surface area contributed by atoms with Crippen molar-refractivity contribution in [3.05, 3.63) is 106 Å². The van der Waals surface area contributed by atoms with E-state index in [1.54, 1.807) is 0 Å². The predicted molar refractivity (Wildman–Crippen MR) is 142 cm³/mol. The third-order valence-electron chi connectivity index (χ3n) is 6.78. The zero-order valence-corrected chi connectivity index (χ0v) is 21.0. The number of benzene rings is 1. The quantitative estimate of drug-likeness (QED) is 0.374. The average molecular weight is 468 g/mol. The van der Waals surface area contributed by atoms with E-state index in [4.69, 9.17) is 17.2 Å². The Balaban J connectivity index is 1.68. The molecule has 1 N–H and O–H groups in total. The van der Waals surface area contributed by atoms with Crippen molar-refractivity contribution < 1.29 is 0 Å². The summed E-state index contributed by atoms with van der Waals surface area (Å²) in [6.07, 6.45) is 3.76. The van der Waals surface area contributed by atoms with Crippen LogP contribution in [0.4, 0.5) is 5.69 Å². The van der Waals surface area contributed by atoms with Crippen molar-refractivity contribution in [3.63, 3.8) is 0 Å². The number of anilines is 1. The molecule has 1 aliphatic rings. The maximum Gasteiger partial charge on any atom is 0.174 e. The Morgan fingerprint density at radius 3 is 2.38 bits per heavy atom. The molecule has 4 aromatic rings. The summed E-state index contributed by atoms with van der Waals surface area (Å²) < 4.78 is 2.23. The molecular weight excluding hydrogens is 438 g/mol. The highest BCUT2D eigenvalue weighted by Crippen LogP contribution is 2.43. The highest BCUT2D eigenvalue weighted by Gasteiger charge is 2.42. The lowest BCUT2D eigenvalue weighted by molar-refractivity contribution is 0.565. The Morgan fingerprint density at radius 2 is 1.71 bits per heavy atom. The van der Waals surface area contributed by atoms with Crippen LogP contribution >= 0.6 is 12.2 Å². The van der Waals surface area contributed by atoms with E-state index in [1.807, 2.05) is 24.5 Å². The summed E-state index contributed by atoms with van der Waals surface area (Å²) >= 11 is 5.91. The lowest BCUT2D eigenvalue weighted by atomic mass is 9.96. The topological polar surface area (TPSA) is 46.0 Å². The molecule has 0 spiro atoms. The van der Waals surface area contributed by atoms with Gasteiger partial charge in [-0.15, -0.1) is 0 Å². The fourth-order valence-corrected chi connectivity index (χ4v) is 5.20. The molecule has 1 aliphatic heterocycles. The number of thiocarbonyl (C=S) groups is 1. The molecule has 5 rings (SSSR count). The maximum absolute atomic E-state index is 5.91. The minimum Gasteiger partial charge on any atom is -0.351 e. The molecule has 1 aromatic carbocycles. The summed E-state index contributed by atoms with van der Waals surface area (Å²) in [4.78, 5) is 11.6. The molecule has 0 aliphatic carbocycles. The normalized spacial score (nSPS) is 17.8. The number of rotatable bonds is 4. The van der Waals surface area contributed by atoms with Gasteiger partial charge in [0.2, 0.25) is 0 Å². The van der Waals surface area contributed by atoms with E-state index in [1.165, 1.54) is 16.7 Å². The minimum atomic E-state index is -0.0739. The highest BCUT2D eigenvalue weighted by molar-refractivity contribution is 7.80. The van der Waals surface area contributed by atoms with Gasteiger partial charge >= 0.3 is 0 Å². The van der Waals surface area contributed by atoms with Crippen LogP contribution in [0.2, 0.25) is 0 Å². The standard InChI is InChI=1S/C28H29N5S/c1-17-9-12-25(30-16-17)32-20(4)15-23(21(32)5)27-26(24-8-6-7-13-29-24)31-28(34)33(27)22-11-10-18(2)19(3)14-22/h6-16,26-27H,1-5H3,(H,31,34)/t26-,27+/m1/s1. The van der Waals surface area contributed by atoms with E-state index in [-0.39, 0.29) is 12.1 Å². The molecule has 5 nitrogen and oxygen atoms in total. The molecule has 34 heavy (non-hydrogen) atoms. The number of hydrogen-bond donors (Lipinski definition) is 1. The summed E-state index contributed by atoms with van der Waals surface area (Å²) in [5.74, 6) is 0.924. The zero-order valence-electron chi connectivity index (χ0n) is 20.2. The van der Waals surface area contributed by atoms with Gasteiger partial charge in [-0.05, 0) is 105 Å². The third kappa shape index (κ3) is 3.78. The Morgan fingerprint density at radius 1 is 0.882 bits per heavy atom. The molecule has 2 atom stereocenters. The zero-order chi connectivity index (χ0) is 24.0. The summed E-state index contributed by atoms with van der Waals surface area (Å²) in [7, 11) is 0. The number of aryl methyl sites for hydroxylation is 4. The number of pyridine rings is 2. The van der Waals surface area contributed by atoms with Gasteiger partial charge < -0.3 is 14.8 Å². The van der Waals surface area contributed by atoms with Crippen LogP contribution in [0.25, 0.3) is 5.82 Å². The lowest BCUT2D eigenvalue weighted by Gasteiger charge is -2.28. The van der Waals surface area contributed by atoms with Crippen molar-refractivity contribution in [1.29, 1.82) is 0 Å². The van der Waals surface area contributed by atoms with Crippen LogP contribution in [0.5, 0.6) is 0 Å². The van der Waals surface area contributed by atoms with Gasteiger partial charge in [0.05, 0.1) is 17.8 Å². The average Bonchev–Trinajstić information content (AvgIpc) is 3.32. The van der Waals surface area contributed by atoms with E-state index in [0.29, 0.717) is 5.11 Å². The van der Waals surface area contributed by atoms with E-state index < -0.39 is 0 Å². The van der Waals surface area contributed by atoms with Crippen LogP contribution in [0.1, 0.15) is 51.4 Å². The smallest absolute Gasteiger partial charge is 0.174 e. The first-order valence-corrected chi connectivity index (χ1v) is 12.0. The number of nitrogens with zero attached hydrogens (tertiary/aromatic N) is 4. The molecule has 0 bridgehead atoms. The molecule has 0 amide bonds. The van der Waals surface area contributed by atoms with Gasteiger partial charge in [-0.2, -0.15) is 0 Å². The van der Waals surface area contributed by atoms with Crippen LogP contribution in [-0.2, 0) is 0 Å². The van der Waals surface area contributed by atoms with Gasteiger partial charge in [0, 0.05) is 29.5 Å². The van der Waals surface area contributed by atoms with Crippen LogP contribution < -0.4 is 10.2 Å². The molecule has 1 saturated heterocycles. The van der Waals surface area contributed by atoms with Gasteiger partial charge in [0.15, 0.2) is 5.11 Å². The minimum absolute atomic E-state index is 0.0464. The lowest BCUT2D eigenvalue weighted by Crippen LogP contribution is -2.29. The van der Waals surface area contributed by atoms with E-state index in [2.05, 4.69) is 96.9 Å². The van der Waals surface area contributed by atoms with Gasteiger partial charge in [0.25, 0.3) is 0 Å². The largest absolute Gasteiger partial charge is 0.351 e. The summed E-state index contributed by atoms with van der Waals surface area (Å²) in [5.41, 5.74) is 9.22. The van der Waals surface area contributed by atoms with Gasteiger partial charge in [-0.3, -0.25) is 4.98 Å². The molecule has 0 unspecified atom stereocenters. The first kappa shape index (κ1) is 22.3. The van der Waals surface area contributed by atoms with Crippen LogP contribution in [0, 0.1) is 34.6 Å². The van der Waals surface area contributed by atoms with Crippen molar-refractivity contribution in [2.24, 2.45) is 0 Å². The molecule has 3 aromatic heterocycles. The number of aromatic nitrogens is 3. The fourth-order valence-electron chi connectivity index (χ4n) is 4.86. The summed E-state index contributed by atoms with van der Waals surface area (Å²) in [6.45, 7) is 10.6. The second-order valence-electron chi connectivity index (χ2n) is 9.12. The molecule has 6 heteroatoms. The van der Waals surface area contributed by atoms with E-state index in [9.17, 15) is 0 Å². The van der Waals surface area contributed by atoms with E-state index >= 15 is 0 Å². The Labute approximate surface area is 206 Å². The third-order valence-corrected chi connectivity index (χ3v) is 7.10. The van der Waals surface area contributed by atoms with Gasteiger partial charge in [-0.1, -0.05) is 18.2 Å². The number of nitrogens with one attached hydrogen (secondary N) is 1. The van der Waals surface area contributed by atoms with Crippen molar-refractivity contribution in [2.75, 3.05) is 4.90 Å². The Kier molecular flexibility index (Phi) is 5.70. The molecule has 0 radical (unpaired) electrons. The maximum atomic E-state index is 5.91. The SMILES string of the molecule is Cc1ccc(-n2c(C)cc([C@H]3[C@@H](c4ccccn4)NC(=S)N3c3ccc(C)c(C)c3)c2C)nc1. The second kappa shape index (κ2) is 8.69. The van der Waals surface area contributed by atoms with Gasteiger partial charge in [0.1, 0.15) is 5.82 Å². The molecule has 172 valence electrons. The first-order chi connectivity index (χ1) is 16.3. The molecule has 0 saturated carbocycles. The van der Waals surface area contributed by atoms with Crippen molar-refractivity contribution >= 4 is 23.0 Å². The number of hydrogen-bond acceptors (Lipinski definition) is 3. The van der Waals surface area contributed by atoms with Crippen molar-refractivity contribution in [1.82, 2.24) is 19.9 Å². The molecule has 1 fully saturated rings.